The van der Waals surface area contributed by atoms with Crippen LogP contribution in [0.15, 0.2) is 30.3 Å². The molecule has 0 radical (unpaired) electrons. The van der Waals surface area contributed by atoms with Gasteiger partial charge in [-0.3, -0.25) is 19.2 Å². The predicted octanol–water partition coefficient (Wildman–Crippen LogP) is 0.978. The standard InChI is InChI=1S/C26H32N4O5/c1-29-19-5-3-2-4-15(19)11-20(29)25(35)30-9-7-26(13-21(30)23(27)33)12-18(26)17(22(32)14-31)10-16-6-8-28-24(16)34/h2-5,11,16-18,21,31H,6-10,12-14H2,1H3,(H2,27,33)(H,28,34)/t16-,17+,18?,21?,26?/m1/s1. The number of aliphatic hydroxyl groups excluding tert-OH is 1. The molecule has 2 aliphatic heterocycles. The molecule has 3 heterocycles. The van der Waals surface area contributed by atoms with Crippen molar-refractivity contribution in [1.82, 2.24) is 14.8 Å². The van der Waals surface area contributed by atoms with Crippen molar-refractivity contribution in [2.75, 3.05) is 19.7 Å². The fourth-order valence-corrected chi connectivity index (χ4v) is 6.52. The molecule has 0 bridgehead atoms. The van der Waals surface area contributed by atoms with Crippen LogP contribution in [0.25, 0.3) is 10.9 Å². The highest BCUT2D eigenvalue weighted by Crippen LogP contribution is 2.64. The van der Waals surface area contributed by atoms with Crippen LogP contribution in [-0.4, -0.2) is 63.8 Å². The number of amides is 3. The zero-order valence-electron chi connectivity index (χ0n) is 19.9. The molecule has 1 saturated carbocycles. The maximum atomic E-state index is 13.5. The number of Topliss-reactive ketones (excluding diaryl/α,β-unsaturated/α-hetero) is 1. The van der Waals surface area contributed by atoms with Gasteiger partial charge in [-0.2, -0.15) is 0 Å². The number of para-hydroxylation sites is 1. The molecule has 3 fully saturated rings. The van der Waals surface area contributed by atoms with Gasteiger partial charge in [0.25, 0.3) is 5.91 Å². The Hall–Kier alpha value is -3.20. The minimum absolute atomic E-state index is 0.0210. The molecule has 1 aromatic carbocycles. The summed E-state index contributed by atoms with van der Waals surface area (Å²) in [4.78, 5) is 52.4. The van der Waals surface area contributed by atoms with Gasteiger partial charge in [0, 0.05) is 42.9 Å². The molecular weight excluding hydrogens is 448 g/mol. The van der Waals surface area contributed by atoms with Gasteiger partial charge in [-0.05, 0) is 55.6 Å². The van der Waals surface area contributed by atoms with E-state index in [9.17, 15) is 24.3 Å². The second kappa shape index (κ2) is 8.78. The van der Waals surface area contributed by atoms with E-state index in [1.54, 1.807) is 4.90 Å². The van der Waals surface area contributed by atoms with Crippen LogP contribution in [0, 0.1) is 23.2 Å². The first-order chi connectivity index (χ1) is 16.8. The summed E-state index contributed by atoms with van der Waals surface area (Å²) >= 11 is 0. The second-order valence-electron chi connectivity index (χ2n) is 10.4. The van der Waals surface area contributed by atoms with E-state index in [-0.39, 0.29) is 34.8 Å². The van der Waals surface area contributed by atoms with E-state index < -0.39 is 24.5 Å². The SMILES string of the molecule is Cn1c(C(=O)N2CCC3(CC2C(N)=O)CC3[C@H](C[C@H]2CCNC2=O)C(=O)CO)cc2ccccc21. The Morgan fingerprint density at radius 1 is 1.26 bits per heavy atom. The average Bonchev–Trinajstić information content (AvgIpc) is 3.18. The number of carbonyl (C=O) groups is 4. The van der Waals surface area contributed by atoms with E-state index in [0.29, 0.717) is 44.5 Å². The zero-order chi connectivity index (χ0) is 24.9. The van der Waals surface area contributed by atoms with Crippen molar-refractivity contribution in [2.24, 2.45) is 36.0 Å². The van der Waals surface area contributed by atoms with Gasteiger partial charge in [-0.15, -0.1) is 0 Å². The third-order valence-corrected chi connectivity index (χ3v) is 8.60. The quantitative estimate of drug-likeness (QED) is 0.543. The molecule has 186 valence electrons. The summed E-state index contributed by atoms with van der Waals surface area (Å²) in [7, 11) is 1.83. The Labute approximate surface area is 203 Å². The third kappa shape index (κ3) is 4.01. The number of nitrogens with zero attached hydrogens (tertiary/aromatic N) is 2. The largest absolute Gasteiger partial charge is 0.389 e. The molecule has 9 heteroatoms. The fourth-order valence-electron chi connectivity index (χ4n) is 6.52. The number of hydrogen-bond acceptors (Lipinski definition) is 5. The first-order valence-electron chi connectivity index (χ1n) is 12.3. The number of primary amides is 1. The van der Waals surface area contributed by atoms with Gasteiger partial charge < -0.3 is 25.6 Å². The predicted molar refractivity (Wildman–Crippen MR) is 128 cm³/mol. The van der Waals surface area contributed by atoms with Crippen LogP contribution >= 0.6 is 0 Å². The number of hydrogen-bond donors (Lipinski definition) is 3. The van der Waals surface area contributed by atoms with E-state index in [4.69, 9.17) is 5.73 Å². The maximum Gasteiger partial charge on any atom is 0.271 e. The molecule has 4 N–H and O–H groups in total. The van der Waals surface area contributed by atoms with E-state index in [1.807, 2.05) is 41.9 Å². The number of fused-ring (bicyclic) bond motifs is 1. The number of piperidine rings is 1. The van der Waals surface area contributed by atoms with Crippen LogP contribution in [0.4, 0.5) is 0 Å². The molecule has 3 amide bonds. The number of benzene rings is 1. The Bertz CT molecular complexity index is 1210. The number of aliphatic hydroxyl groups is 1. The lowest BCUT2D eigenvalue weighted by molar-refractivity contribution is -0.128. The van der Waals surface area contributed by atoms with Crippen LogP contribution in [0.1, 0.15) is 42.6 Å². The first-order valence-corrected chi connectivity index (χ1v) is 12.3. The average molecular weight is 481 g/mol. The molecule has 1 spiro atoms. The normalized spacial score (nSPS) is 28.8. The number of likely N-dealkylation sites (tertiary alicyclic amines) is 1. The summed E-state index contributed by atoms with van der Waals surface area (Å²) < 4.78 is 1.84. The van der Waals surface area contributed by atoms with Crippen molar-refractivity contribution >= 4 is 34.4 Å². The molecule has 35 heavy (non-hydrogen) atoms. The van der Waals surface area contributed by atoms with Crippen LogP contribution in [-0.2, 0) is 21.4 Å². The number of nitrogens with two attached hydrogens (primary N) is 1. The van der Waals surface area contributed by atoms with Crippen molar-refractivity contribution in [3.8, 4) is 0 Å². The summed E-state index contributed by atoms with van der Waals surface area (Å²) in [6.45, 7) is 0.416. The molecule has 3 unspecified atom stereocenters. The maximum absolute atomic E-state index is 13.5. The highest BCUT2D eigenvalue weighted by molar-refractivity contribution is 6.00. The van der Waals surface area contributed by atoms with Crippen molar-refractivity contribution in [3.63, 3.8) is 0 Å². The van der Waals surface area contributed by atoms with Gasteiger partial charge in [-0.25, -0.2) is 0 Å². The lowest BCUT2D eigenvalue weighted by atomic mass is 9.78. The van der Waals surface area contributed by atoms with Crippen LogP contribution in [0.3, 0.4) is 0 Å². The number of nitrogens with one attached hydrogen (secondary N) is 1. The lowest BCUT2D eigenvalue weighted by Gasteiger charge is -2.39. The monoisotopic (exact) mass is 480 g/mol. The molecule has 1 aliphatic carbocycles. The summed E-state index contributed by atoms with van der Waals surface area (Å²) in [5.74, 6) is -1.76. The van der Waals surface area contributed by atoms with Crippen LogP contribution < -0.4 is 11.1 Å². The van der Waals surface area contributed by atoms with Crippen molar-refractivity contribution in [1.29, 1.82) is 0 Å². The van der Waals surface area contributed by atoms with Gasteiger partial charge in [0.1, 0.15) is 18.3 Å². The minimum atomic E-state index is -0.765. The van der Waals surface area contributed by atoms with Crippen molar-refractivity contribution in [2.45, 2.75) is 38.1 Å². The highest BCUT2D eigenvalue weighted by Gasteiger charge is 2.62. The second-order valence-corrected chi connectivity index (χ2v) is 10.4. The Kier molecular flexibility index (Phi) is 5.91. The smallest absolute Gasteiger partial charge is 0.271 e. The summed E-state index contributed by atoms with van der Waals surface area (Å²) in [5.41, 5.74) is 6.95. The number of rotatable bonds is 7. The molecule has 5 rings (SSSR count). The molecule has 3 aliphatic rings. The van der Waals surface area contributed by atoms with Gasteiger partial charge in [0.2, 0.25) is 11.8 Å². The molecule has 2 saturated heterocycles. The van der Waals surface area contributed by atoms with Gasteiger partial charge in [0.15, 0.2) is 5.78 Å². The van der Waals surface area contributed by atoms with Crippen LogP contribution in [0.2, 0.25) is 0 Å². The molecule has 5 atom stereocenters. The molecule has 9 nitrogen and oxygen atoms in total. The van der Waals surface area contributed by atoms with E-state index in [2.05, 4.69) is 5.32 Å². The summed E-state index contributed by atoms with van der Waals surface area (Å²) in [6.07, 6.45) is 2.89. The summed E-state index contributed by atoms with van der Waals surface area (Å²) in [5, 5.41) is 13.4. The lowest BCUT2D eigenvalue weighted by Crippen LogP contribution is -2.53. The minimum Gasteiger partial charge on any atom is -0.389 e. The number of aryl methyl sites for hydroxylation is 1. The topological polar surface area (TPSA) is 135 Å². The molecular formula is C26H32N4O5. The Balaban J connectivity index is 1.36. The third-order valence-electron chi connectivity index (χ3n) is 8.60. The summed E-state index contributed by atoms with van der Waals surface area (Å²) in [6, 6.07) is 8.79. The first kappa shape index (κ1) is 23.5. The fraction of sp³-hybridized carbons (Fsp3) is 0.538. The van der Waals surface area contributed by atoms with Crippen LogP contribution in [0.5, 0.6) is 0 Å². The van der Waals surface area contributed by atoms with Gasteiger partial charge in [-0.1, -0.05) is 18.2 Å². The number of aromatic nitrogens is 1. The highest BCUT2D eigenvalue weighted by atomic mass is 16.3. The van der Waals surface area contributed by atoms with Crippen molar-refractivity contribution < 1.29 is 24.3 Å². The Morgan fingerprint density at radius 3 is 2.69 bits per heavy atom. The van der Waals surface area contributed by atoms with Gasteiger partial charge >= 0.3 is 0 Å². The van der Waals surface area contributed by atoms with E-state index in [1.165, 1.54) is 0 Å². The van der Waals surface area contributed by atoms with E-state index >= 15 is 0 Å². The molecule has 2 aromatic rings. The zero-order valence-corrected chi connectivity index (χ0v) is 19.9. The van der Waals surface area contributed by atoms with Gasteiger partial charge in [0.05, 0.1) is 0 Å². The number of carbonyl (C=O) groups excluding carboxylic acids is 4. The van der Waals surface area contributed by atoms with E-state index in [0.717, 1.165) is 17.3 Å². The van der Waals surface area contributed by atoms with Crippen molar-refractivity contribution in [3.05, 3.63) is 36.0 Å². The Morgan fingerprint density at radius 2 is 2.03 bits per heavy atom. The molecule has 1 aromatic heterocycles. The number of ketones is 1.